The van der Waals surface area contributed by atoms with Crippen LogP contribution in [0.1, 0.15) is 30.9 Å². The molecule has 0 atom stereocenters. The fourth-order valence-corrected chi connectivity index (χ4v) is 6.21. The number of benzene rings is 2. The molecular formula is C21H28N2O4S2. The van der Waals surface area contributed by atoms with Crippen LogP contribution in [0.15, 0.2) is 58.3 Å². The Kier molecular flexibility index (Phi) is 6.78. The molecule has 0 bridgehead atoms. The summed E-state index contributed by atoms with van der Waals surface area (Å²) < 4.78 is 54.2. The van der Waals surface area contributed by atoms with Gasteiger partial charge in [-0.05, 0) is 49.6 Å². The van der Waals surface area contributed by atoms with Crippen molar-refractivity contribution < 1.29 is 16.8 Å². The van der Waals surface area contributed by atoms with Gasteiger partial charge in [0.15, 0.2) is 0 Å². The number of rotatable bonds is 7. The first-order chi connectivity index (χ1) is 13.7. The van der Waals surface area contributed by atoms with Gasteiger partial charge < -0.3 is 0 Å². The lowest BCUT2D eigenvalue weighted by atomic mass is 10.1. The second kappa shape index (κ2) is 8.95. The maximum Gasteiger partial charge on any atom is 0.243 e. The van der Waals surface area contributed by atoms with E-state index < -0.39 is 20.0 Å². The van der Waals surface area contributed by atoms with Crippen LogP contribution >= 0.6 is 0 Å². The summed E-state index contributed by atoms with van der Waals surface area (Å²) in [6.45, 7) is 4.60. The zero-order chi connectivity index (χ0) is 21.1. The molecule has 2 aromatic carbocycles. The lowest BCUT2D eigenvalue weighted by molar-refractivity contribution is 0.273. The molecule has 1 saturated heterocycles. The van der Waals surface area contributed by atoms with Crippen molar-refractivity contribution in [1.29, 1.82) is 0 Å². The van der Waals surface area contributed by atoms with E-state index in [-0.39, 0.29) is 36.0 Å². The lowest BCUT2D eigenvalue weighted by Crippen LogP contribution is -2.50. The van der Waals surface area contributed by atoms with Gasteiger partial charge in [-0.1, -0.05) is 43.2 Å². The maximum absolute atomic E-state index is 12.9. The molecule has 3 rings (SSSR count). The largest absolute Gasteiger partial charge is 0.243 e. The first-order valence-electron chi connectivity index (χ1n) is 9.91. The highest BCUT2D eigenvalue weighted by atomic mass is 32.2. The molecule has 0 amide bonds. The summed E-state index contributed by atoms with van der Waals surface area (Å²) >= 11 is 0. The molecule has 1 aliphatic rings. The summed E-state index contributed by atoms with van der Waals surface area (Å²) in [6, 6.07) is 13.7. The molecule has 158 valence electrons. The van der Waals surface area contributed by atoms with Crippen molar-refractivity contribution in [3.8, 4) is 0 Å². The highest BCUT2D eigenvalue weighted by molar-refractivity contribution is 7.89. The number of unbranched alkanes of at least 4 members (excludes halogenated alkanes) is 1. The average molecular weight is 437 g/mol. The minimum atomic E-state index is -3.63. The van der Waals surface area contributed by atoms with Crippen LogP contribution in [0.25, 0.3) is 0 Å². The molecule has 1 fully saturated rings. The number of aryl methyl sites for hydroxylation is 2. The Labute approximate surface area is 174 Å². The summed E-state index contributed by atoms with van der Waals surface area (Å²) in [5.74, 6) is 0. The lowest BCUT2D eigenvalue weighted by Gasteiger charge is -2.33. The zero-order valence-electron chi connectivity index (χ0n) is 16.9. The fraction of sp³-hybridized carbons (Fsp3) is 0.429. The van der Waals surface area contributed by atoms with Gasteiger partial charge in [0.1, 0.15) is 0 Å². The second-order valence-corrected chi connectivity index (χ2v) is 11.2. The number of hydrogen-bond donors (Lipinski definition) is 0. The van der Waals surface area contributed by atoms with E-state index in [1.807, 2.05) is 19.1 Å². The monoisotopic (exact) mass is 436 g/mol. The molecule has 2 aromatic rings. The van der Waals surface area contributed by atoms with Gasteiger partial charge in [0.05, 0.1) is 9.79 Å². The summed E-state index contributed by atoms with van der Waals surface area (Å²) in [7, 11) is -7.24. The van der Waals surface area contributed by atoms with Gasteiger partial charge in [-0.15, -0.1) is 0 Å². The van der Waals surface area contributed by atoms with Crippen LogP contribution in [-0.4, -0.2) is 51.6 Å². The van der Waals surface area contributed by atoms with Crippen molar-refractivity contribution >= 4 is 20.0 Å². The van der Waals surface area contributed by atoms with Gasteiger partial charge in [0, 0.05) is 26.2 Å². The zero-order valence-corrected chi connectivity index (χ0v) is 18.5. The van der Waals surface area contributed by atoms with Gasteiger partial charge in [0.25, 0.3) is 0 Å². The predicted octanol–water partition coefficient (Wildman–Crippen LogP) is 3.03. The minimum absolute atomic E-state index is 0.143. The third-order valence-corrected chi connectivity index (χ3v) is 9.06. The van der Waals surface area contributed by atoms with Crippen molar-refractivity contribution in [2.24, 2.45) is 0 Å². The van der Waals surface area contributed by atoms with Gasteiger partial charge in [-0.3, -0.25) is 0 Å². The topological polar surface area (TPSA) is 74.8 Å². The Morgan fingerprint density at radius 2 is 1.14 bits per heavy atom. The minimum Gasteiger partial charge on any atom is -0.207 e. The van der Waals surface area contributed by atoms with Gasteiger partial charge in [-0.2, -0.15) is 8.61 Å². The van der Waals surface area contributed by atoms with Gasteiger partial charge in [0.2, 0.25) is 20.0 Å². The van der Waals surface area contributed by atoms with E-state index >= 15 is 0 Å². The van der Waals surface area contributed by atoms with Crippen LogP contribution in [0, 0.1) is 6.92 Å². The third kappa shape index (κ3) is 4.88. The van der Waals surface area contributed by atoms with Crippen molar-refractivity contribution in [2.75, 3.05) is 26.2 Å². The first kappa shape index (κ1) is 22.0. The molecule has 8 heteroatoms. The normalized spacial score (nSPS) is 16.8. The second-order valence-electron chi connectivity index (χ2n) is 7.37. The Balaban J connectivity index is 1.68. The molecule has 0 N–H and O–H groups in total. The predicted molar refractivity (Wildman–Crippen MR) is 114 cm³/mol. The molecule has 0 aliphatic carbocycles. The summed E-state index contributed by atoms with van der Waals surface area (Å²) in [5, 5.41) is 0. The number of hydrogen-bond acceptors (Lipinski definition) is 4. The van der Waals surface area contributed by atoms with Crippen LogP contribution in [0.2, 0.25) is 0 Å². The van der Waals surface area contributed by atoms with Crippen molar-refractivity contribution in [3.05, 3.63) is 59.7 Å². The SMILES string of the molecule is CCCCc1ccc(S(=O)(=O)N2CCN(S(=O)(=O)c3ccc(C)cc3)CC2)cc1. The Morgan fingerprint density at radius 3 is 1.55 bits per heavy atom. The van der Waals surface area contributed by atoms with Crippen LogP contribution in [0.4, 0.5) is 0 Å². The smallest absolute Gasteiger partial charge is 0.207 e. The molecule has 0 aromatic heterocycles. The van der Waals surface area contributed by atoms with Crippen LogP contribution < -0.4 is 0 Å². The number of nitrogens with zero attached hydrogens (tertiary/aromatic N) is 2. The van der Waals surface area contributed by atoms with E-state index in [9.17, 15) is 16.8 Å². The summed E-state index contributed by atoms with van der Waals surface area (Å²) in [5.41, 5.74) is 2.11. The molecule has 0 saturated carbocycles. The molecule has 1 heterocycles. The van der Waals surface area contributed by atoms with Crippen LogP contribution in [0.3, 0.4) is 0 Å². The fourth-order valence-electron chi connectivity index (χ4n) is 3.37. The standard InChI is InChI=1S/C21H28N2O4S2/c1-3-4-5-19-8-12-21(13-9-19)29(26,27)23-16-14-22(15-17-23)28(24,25)20-10-6-18(2)7-11-20/h6-13H,3-5,14-17H2,1-2H3. The van der Waals surface area contributed by atoms with Crippen molar-refractivity contribution in [2.45, 2.75) is 42.9 Å². The van der Waals surface area contributed by atoms with E-state index in [0.717, 1.165) is 30.4 Å². The van der Waals surface area contributed by atoms with E-state index in [1.54, 1.807) is 36.4 Å². The molecular weight excluding hydrogens is 408 g/mol. The maximum atomic E-state index is 12.9. The Hall–Kier alpha value is -1.74. The van der Waals surface area contributed by atoms with Crippen LogP contribution in [-0.2, 0) is 26.5 Å². The molecule has 0 unspecified atom stereocenters. The molecule has 1 aliphatic heterocycles. The molecule has 29 heavy (non-hydrogen) atoms. The highest BCUT2D eigenvalue weighted by Crippen LogP contribution is 2.22. The Morgan fingerprint density at radius 1 is 0.724 bits per heavy atom. The molecule has 0 spiro atoms. The molecule has 0 radical (unpaired) electrons. The van der Waals surface area contributed by atoms with E-state index in [2.05, 4.69) is 6.92 Å². The van der Waals surface area contributed by atoms with Crippen molar-refractivity contribution in [3.63, 3.8) is 0 Å². The number of piperazine rings is 1. The number of sulfonamides is 2. The third-order valence-electron chi connectivity index (χ3n) is 5.24. The van der Waals surface area contributed by atoms with Crippen LogP contribution in [0.5, 0.6) is 0 Å². The Bertz CT molecular complexity index is 1020. The van der Waals surface area contributed by atoms with Gasteiger partial charge >= 0.3 is 0 Å². The highest BCUT2D eigenvalue weighted by Gasteiger charge is 2.33. The summed E-state index contributed by atoms with van der Waals surface area (Å²) in [4.78, 5) is 0.495. The molecule has 6 nitrogen and oxygen atoms in total. The first-order valence-corrected chi connectivity index (χ1v) is 12.8. The van der Waals surface area contributed by atoms with E-state index in [1.165, 1.54) is 8.61 Å². The average Bonchev–Trinajstić information content (AvgIpc) is 2.73. The van der Waals surface area contributed by atoms with E-state index in [4.69, 9.17) is 0 Å². The quantitative estimate of drug-likeness (QED) is 0.669. The van der Waals surface area contributed by atoms with Gasteiger partial charge in [-0.25, -0.2) is 16.8 Å². The van der Waals surface area contributed by atoms with E-state index in [0.29, 0.717) is 0 Å². The summed E-state index contributed by atoms with van der Waals surface area (Å²) in [6.07, 6.45) is 3.10. The van der Waals surface area contributed by atoms with Crippen molar-refractivity contribution in [1.82, 2.24) is 8.61 Å².